The number of hydrogen-bond donors (Lipinski definition) is 3. The fourth-order valence-electron chi connectivity index (χ4n) is 2.84. The van der Waals surface area contributed by atoms with Gasteiger partial charge in [-0.25, -0.2) is 5.01 Å². The maximum Gasteiger partial charge on any atom is 0.322 e. The quantitative estimate of drug-likeness (QED) is 0.778. The van der Waals surface area contributed by atoms with Gasteiger partial charge in [0.2, 0.25) is 5.91 Å². The first-order valence-electron chi connectivity index (χ1n) is 7.07. The Balaban J connectivity index is 1.90. The summed E-state index contributed by atoms with van der Waals surface area (Å²) < 4.78 is 0. The lowest BCUT2D eigenvalue weighted by Crippen LogP contribution is -2.50. The number of carbonyl (C=O) groups excluding carboxylic acids is 1. The molecule has 22 heavy (non-hydrogen) atoms. The Morgan fingerprint density at radius 1 is 1.32 bits per heavy atom. The average molecular weight is 299 g/mol. The summed E-state index contributed by atoms with van der Waals surface area (Å²) in [5.41, 5.74) is 9.43. The van der Waals surface area contributed by atoms with Crippen LogP contribution >= 0.6 is 0 Å². The van der Waals surface area contributed by atoms with E-state index in [1.165, 1.54) is 0 Å². The third-order valence-corrected chi connectivity index (χ3v) is 3.98. The fraction of sp³-hybridized carbons (Fsp3) is 0.250. The summed E-state index contributed by atoms with van der Waals surface area (Å²) in [6, 6.07) is 12.2. The van der Waals surface area contributed by atoms with Crippen molar-refractivity contribution in [3.05, 3.63) is 48.0 Å². The second kappa shape index (κ2) is 5.75. The van der Waals surface area contributed by atoms with Crippen molar-refractivity contribution in [1.29, 1.82) is 0 Å². The highest BCUT2D eigenvalue weighted by Gasteiger charge is 2.37. The topological polar surface area (TPSA) is 95.7 Å². The first-order chi connectivity index (χ1) is 10.6. The Hall–Kier alpha value is -2.44. The van der Waals surface area contributed by atoms with Crippen LogP contribution in [0.4, 0.5) is 0 Å². The maximum absolute atomic E-state index is 11.6. The minimum Gasteiger partial charge on any atom is -0.480 e. The number of carboxylic acid groups (broad SMARTS) is 1. The van der Waals surface area contributed by atoms with Crippen molar-refractivity contribution in [2.75, 3.05) is 0 Å². The summed E-state index contributed by atoms with van der Waals surface area (Å²) in [4.78, 5) is 22.8. The average Bonchev–Trinajstić information content (AvgIpc) is 2.87. The zero-order valence-corrected chi connectivity index (χ0v) is 11.9. The molecular formula is C16H17N3O3. The Kier molecular flexibility index (Phi) is 3.79. The number of benzene rings is 2. The molecule has 1 aliphatic heterocycles. The monoisotopic (exact) mass is 299 g/mol. The number of aliphatic carboxylic acids is 1. The van der Waals surface area contributed by atoms with Gasteiger partial charge in [-0.1, -0.05) is 42.5 Å². The SMILES string of the molecule is N[C@H](C(=O)O)[C@@H]1CC(=O)NN1Cc1cccc2ccccc12. The van der Waals surface area contributed by atoms with E-state index < -0.39 is 18.1 Å². The third kappa shape index (κ3) is 2.66. The molecule has 2 aromatic carbocycles. The van der Waals surface area contributed by atoms with Gasteiger partial charge < -0.3 is 10.8 Å². The van der Waals surface area contributed by atoms with Crippen LogP contribution in [0.3, 0.4) is 0 Å². The first-order valence-corrected chi connectivity index (χ1v) is 7.07. The van der Waals surface area contributed by atoms with Gasteiger partial charge in [0, 0.05) is 13.0 Å². The highest BCUT2D eigenvalue weighted by molar-refractivity contribution is 5.86. The molecule has 0 spiro atoms. The molecule has 0 aliphatic carbocycles. The number of carboxylic acids is 1. The highest BCUT2D eigenvalue weighted by Crippen LogP contribution is 2.23. The molecule has 1 heterocycles. The van der Waals surface area contributed by atoms with E-state index in [1.807, 2.05) is 42.5 Å². The van der Waals surface area contributed by atoms with Crippen molar-refractivity contribution >= 4 is 22.6 Å². The van der Waals surface area contributed by atoms with Crippen LogP contribution in [0.5, 0.6) is 0 Å². The molecule has 2 aromatic rings. The van der Waals surface area contributed by atoms with Gasteiger partial charge in [-0.15, -0.1) is 0 Å². The second-order valence-corrected chi connectivity index (χ2v) is 5.44. The molecule has 4 N–H and O–H groups in total. The number of fused-ring (bicyclic) bond motifs is 1. The van der Waals surface area contributed by atoms with Gasteiger partial charge in [-0.2, -0.15) is 0 Å². The van der Waals surface area contributed by atoms with Crippen molar-refractivity contribution in [2.45, 2.75) is 25.0 Å². The largest absolute Gasteiger partial charge is 0.480 e. The van der Waals surface area contributed by atoms with Crippen LogP contribution in [0.15, 0.2) is 42.5 Å². The van der Waals surface area contributed by atoms with Gasteiger partial charge in [0.25, 0.3) is 0 Å². The number of nitrogens with one attached hydrogen (secondary N) is 1. The van der Waals surface area contributed by atoms with Gasteiger partial charge in [0.15, 0.2) is 0 Å². The zero-order chi connectivity index (χ0) is 15.7. The Labute approximate surface area is 127 Å². The summed E-state index contributed by atoms with van der Waals surface area (Å²) in [5.74, 6) is -1.31. The highest BCUT2D eigenvalue weighted by atomic mass is 16.4. The lowest BCUT2D eigenvalue weighted by molar-refractivity contribution is -0.140. The van der Waals surface area contributed by atoms with Gasteiger partial charge in [0.05, 0.1) is 6.04 Å². The third-order valence-electron chi connectivity index (χ3n) is 3.98. The molecule has 0 aromatic heterocycles. The van der Waals surface area contributed by atoms with E-state index in [0.717, 1.165) is 16.3 Å². The summed E-state index contributed by atoms with van der Waals surface area (Å²) >= 11 is 0. The van der Waals surface area contributed by atoms with Gasteiger partial charge in [-0.3, -0.25) is 15.0 Å². The second-order valence-electron chi connectivity index (χ2n) is 5.44. The first kappa shape index (κ1) is 14.5. The minimum absolute atomic E-state index is 0.0955. The molecule has 114 valence electrons. The van der Waals surface area contributed by atoms with E-state index in [9.17, 15) is 9.59 Å². The Morgan fingerprint density at radius 2 is 2.05 bits per heavy atom. The van der Waals surface area contributed by atoms with Crippen molar-refractivity contribution < 1.29 is 14.7 Å². The number of hydrazine groups is 1. The van der Waals surface area contributed by atoms with Crippen molar-refractivity contribution in [1.82, 2.24) is 10.4 Å². The summed E-state index contributed by atoms with van der Waals surface area (Å²) in [5, 5.41) is 12.9. The number of hydrogen-bond acceptors (Lipinski definition) is 4. The van der Waals surface area contributed by atoms with Crippen LogP contribution in [0.1, 0.15) is 12.0 Å². The van der Waals surface area contributed by atoms with Crippen LogP contribution in [0, 0.1) is 0 Å². The van der Waals surface area contributed by atoms with Crippen LogP contribution in [-0.2, 0) is 16.1 Å². The maximum atomic E-state index is 11.6. The standard InChI is InChI=1S/C16H17N3O3/c17-15(16(21)22)13-8-14(20)18-19(13)9-11-6-3-5-10-4-1-2-7-12(10)11/h1-7,13,15H,8-9,17H2,(H,18,20)(H,21,22)/t13-,15-/m0/s1. The molecular weight excluding hydrogens is 282 g/mol. The van der Waals surface area contributed by atoms with E-state index in [4.69, 9.17) is 10.8 Å². The van der Waals surface area contributed by atoms with Gasteiger partial charge in [0.1, 0.15) is 6.04 Å². The number of nitrogens with two attached hydrogens (primary N) is 1. The lowest BCUT2D eigenvalue weighted by atomic mass is 10.0. The smallest absolute Gasteiger partial charge is 0.322 e. The zero-order valence-electron chi connectivity index (χ0n) is 11.9. The van der Waals surface area contributed by atoms with E-state index >= 15 is 0 Å². The molecule has 0 unspecified atom stereocenters. The molecule has 1 amide bonds. The molecule has 0 bridgehead atoms. The fourth-order valence-corrected chi connectivity index (χ4v) is 2.84. The van der Waals surface area contributed by atoms with Crippen LogP contribution in [0.2, 0.25) is 0 Å². The molecule has 2 atom stereocenters. The van der Waals surface area contributed by atoms with E-state index in [1.54, 1.807) is 5.01 Å². The molecule has 3 rings (SSSR count). The van der Waals surface area contributed by atoms with Crippen LogP contribution in [0.25, 0.3) is 10.8 Å². The predicted octanol–water partition coefficient (Wildman–Crippen LogP) is 0.857. The number of amides is 1. The molecule has 6 heteroatoms. The van der Waals surface area contributed by atoms with Crippen molar-refractivity contribution in [3.8, 4) is 0 Å². The molecule has 1 aliphatic rings. The van der Waals surface area contributed by atoms with Crippen LogP contribution < -0.4 is 11.2 Å². The van der Waals surface area contributed by atoms with Crippen molar-refractivity contribution in [3.63, 3.8) is 0 Å². The molecule has 0 radical (unpaired) electrons. The number of carbonyl (C=O) groups is 2. The molecule has 6 nitrogen and oxygen atoms in total. The molecule has 1 saturated heterocycles. The molecule has 1 fully saturated rings. The van der Waals surface area contributed by atoms with E-state index in [0.29, 0.717) is 6.54 Å². The van der Waals surface area contributed by atoms with Gasteiger partial charge in [-0.05, 0) is 16.3 Å². The summed E-state index contributed by atoms with van der Waals surface area (Å²) in [7, 11) is 0. The van der Waals surface area contributed by atoms with Crippen molar-refractivity contribution in [2.24, 2.45) is 5.73 Å². The lowest BCUT2D eigenvalue weighted by Gasteiger charge is -2.26. The summed E-state index contributed by atoms with van der Waals surface area (Å²) in [6.45, 7) is 0.415. The minimum atomic E-state index is -1.11. The summed E-state index contributed by atoms with van der Waals surface area (Å²) in [6.07, 6.45) is 0.0955. The molecule has 0 saturated carbocycles. The number of nitrogens with zero attached hydrogens (tertiary/aromatic N) is 1. The van der Waals surface area contributed by atoms with Crippen LogP contribution in [-0.4, -0.2) is 34.1 Å². The predicted molar refractivity (Wildman–Crippen MR) is 81.6 cm³/mol. The normalized spacial score (nSPS) is 20.0. The number of rotatable bonds is 4. The van der Waals surface area contributed by atoms with Gasteiger partial charge >= 0.3 is 5.97 Å². The van der Waals surface area contributed by atoms with E-state index in [-0.39, 0.29) is 12.3 Å². The Morgan fingerprint density at radius 3 is 2.82 bits per heavy atom. The van der Waals surface area contributed by atoms with E-state index in [2.05, 4.69) is 5.43 Å². The Bertz CT molecular complexity index is 726.